The lowest BCUT2D eigenvalue weighted by Crippen LogP contribution is -2.50. The van der Waals surface area contributed by atoms with Crippen LogP contribution in [0.4, 0.5) is 0 Å². The Morgan fingerprint density at radius 1 is 1.43 bits per heavy atom. The first-order valence-corrected chi connectivity index (χ1v) is 7.30. The zero-order valence-corrected chi connectivity index (χ0v) is 12.2. The van der Waals surface area contributed by atoms with Gasteiger partial charge in [-0.25, -0.2) is 4.68 Å². The van der Waals surface area contributed by atoms with E-state index in [4.69, 9.17) is 0 Å². The maximum Gasteiger partial charge on any atom is 0.240 e. The van der Waals surface area contributed by atoms with E-state index in [0.29, 0.717) is 6.54 Å². The van der Waals surface area contributed by atoms with E-state index in [1.54, 1.807) is 6.20 Å². The molecule has 0 saturated carbocycles. The molecule has 2 heterocycles. The Hall–Kier alpha value is -2.14. The second kappa shape index (κ2) is 5.69. The summed E-state index contributed by atoms with van der Waals surface area (Å²) in [6.45, 7) is 3.38. The number of rotatable bonds is 4. The van der Waals surface area contributed by atoms with E-state index in [0.717, 1.165) is 30.6 Å². The van der Waals surface area contributed by atoms with Crippen molar-refractivity contribution in [1.82, 2.24) is 20.4 Å². The van der Waals surface area contributed by atoms with Crippen LogP contribution in [0, 0.1) is 0 Å². The van der Waals surface area contributed by atoms with Gasteiger partial charge in [-0.2, -0.15) is 5.10 Å². The minimum Gasteiger partial charge on any atom is -0.350 e. The lowest BCUT2D eigenvalue weighted by Gasteiger charge is -2.22. The minimum atomic E-state index is -0.421. The molecule has 1 aromatic carbocycles. The fourth-order valence-electron chi connectivity index (χ4n) is 2.64. The highest BCUT2D eigenvalue weighted by molar-refractivity contribution is 5.86. The van der Waals surface area contributed by atoms with Crippen LogP contribution in [0.25, 0.3) is 5.69 Å². The molecule has 1 atom stereocenters. The van der Waals surface area contributed by atoms with Crippen molar-refractivity contribution in [2.75, 3.05) is 6.54 Å². The van der Waals surface area contributed by atoms with Gasteiger partial charge in [0, 0.05) is 18.3 Å². The van der Waals surface area contributed by atoms with Gasteiger partial charge in [0.2, 0.25) is 5.91 Å². The number of aromatic nitrogens is 2. The summed E-state index contributed by atoms with van der Waals surface area (Å²) in [5.74, 6) is 0.0625. The first-order valence-electron chi connectivity index (χ1n) is 7.30. The summed E-state index contributed by atoms with van der Waals surface area (Å²) in [7, 11) is 0. The number of hydrogen-bond donors (Lipinski definition) is 2. The van der Waals surface area contributed by atoms with Gasteiger partial charge in [0.1, 0.15) is 0 Å². The molecule has 1 aliphatic heterocycles. The van der Waals surface area contributed by atoms with E-state index in [9.17, 15) is 4.79 Å². The first-order chi connectivity index (χ1) is 10.2. The number of amides is 1. The van der Waals surface area contributed by atoms with Crippen molar-refractivity contribution < 1.29 is 4.79 Å². The van der Waals surface area contributed by atoms with Gasteiger partial charge in [-0.3, -0.25) is 4.79 Å². The number of carbonyl (C=O) groups excluding carboxylic acids is 1. The monoisotopic (exact) mass is 284 g/mol. The van der Waals surface area contributed by atoms with E-state index >= 15 is 0 Å². The summed E-state index contributed by atoms with van der Waals surface area (Å²) >= 11 is 0. The molecule has 2 aromatic rings. The van der Waals surface area contributed by atoms with Crippen LogP contribution in [0.2, 0.25) is 0 Å². The van der Waals surface area contributed by atoms with Crippen LogP contribution in [-0.4, -0.2) is 27.8 Å². The predicted octanol–water partition coefficient (Wildman–Crippen LogP) is 1.63. The number of nitrogens with one attached hydrogen (secondary N) is 2. The van der Waals surface area contributed by atoms with Crippen LogP contribution in [0.1, 0.15) is 25.3 Å². The fourth-order valence-corrected chi connectivity index (χ4v) is 2.64. The minimum absolute atomic E-state index is 0.0625. The van der Waals surface area contributed by atoms with Crippen LogP contribution in [-0.2, 0) is 11.3 Å². The molecule has 21 heavy (non-hydrogen) atoms. The zero-order chi connectivity index (χ0) is 14.7. The molecule has 1 aromatic heterocycles. The summed E-state index contributed by atoms with van der Waals surface area (Å²) in [6, 6.07) is 9.93. The molecule has 5 heteroatoms. The molecule has 0 aliphatic carbocycles. The largest absolute Gasteiger partial charge is 0.350 e. The van der Waals surface area contributed by atoms with Crippen molar-refractivity contribution in [2.45, 2.75) is 31.8 Å². The maximum atomic E-state index is 12.2. The van der Waals surface area contributed by atoms with Crippen molar-refractivity contribution in [3.8, 4) is 5.69 Å². The van der Waals surface area contributed by atoms with Crippen molar-refractivity contribution in [3.05, 3.63) is 48.3 Å². The van der Waals surface area contributed by atoms with Crippen molar-refractivity contribution in [3.63, 3.8) is 0 Å². The molecular weight excluding hydrogens is 264 g/mol. The van der Waals surface area contributed by atoms with Gasteiger partial charge >= 0.3 is 0 Å². The molecule has 3 rings (SSSR count). The van der Waals surface area contributed by atoms with Gasteiger partial charge in [-0.15, -0.1) is 0 Å². The number of para-hydroxylation sites is 1. The Labute approximate surface area is 124 Å². The summed E-state index contributed by atoms with van der Waals surface area (Å²) < 4.78 is 1.82. The van der Waals surface area contributed by atoms with Crippen LogP contribution in [0.15, 0.2) is 42.7 Å². The third kappa shape index (κ3) is 2.97. The van der Waals surface area contributed by atoms with Gasteiger partial charge in [-0.1, -0.05) is 18.2 Å². The van der Waals surface area contributed by atoms with Crippen LogP contribution < -0.4 is 10.6 Å². The number of nitrogens with zero attached hydrogens (tertiary/aromatic N) is 2. The smallest absolute Gasteiger partial charge is 0.240 e. The molecule has 110 valence electrons. The summed E-state index contributed by atoms with van der Waals surface area (Å²) in [4.78, 5) is 12.2. The Morgan fingerprint density at radius 2 is 2.24 bits per heavy atom. The molecule has 0 spiro atoms. The molecule has 5 nitrogen and oxygen atoms in total. The average Bonchev–Trinajstić information content (AvgIpc) is 3.15. The Morgan fingerprint density at radius 3 is 2.95 bits per heavy atom. The first kappa shape index (κ1) is 13.8. The summed E-state index contributed by atoms with van der Waals surface area (Å²) in [6.07, 6.45) is 5.68. The third-order valence-corrected chi connectivity index (χ3v) is 3.98. The molecule has 1 aliphatic rings. The summed E-state index contributed by atoms with van der Waals surface area (Å²) in [5.41, 5.74) is 1.59. The van der Waals surface area contributed by atoms with E-state index < -0.39 is 5.54 Å². The highest BCUT2D eigenvalue weighted by Gasteiger charge is 2.35. The molecule has 1 fully saturated rings. The van der Waals surface area contributed by atoms with Crippen LogP contribution in [0.5, 0.6) is 0 Å². The standard InChI is InChI=1S/C16H20N4O/c1-16(8-5-9-18-16)15(21)17-10-13-11-19-20(12-13)14-6-3-2-4-7-14/h2-4,6-7,11-12,18H,5,8-10H2,1H3,(H,17,21). The highest BCUT2D eigenvalue weighted by Crippen LogP contribution is 2.18. The zero-order valence-electron chi connectivity index (χ0n) is 12.2. The Balaban J connectivity index is 1.62. The predicted molar refractivity (Wildman–Crippen MR) is 81.1 cm³/mol. The third-order valence-electron chi connectivity index (χ3n) is 3.98. The SMILES string of the molecule is CC1(C(=O)NCc2cnn(-c3ccccc3)c2)CCCN1. The van der Waals surface area contributed by atoms with Gasteiger partial charge in [0.15, 0.2) is 0 Å². The molecule has 1 saturated heterocycles. The molecule has 0 bridgehead atoms. The van der Waals surface area contributed by atoms with Crippen LogP contribution in [0.3, 0.4) is 0 Å². The summed E-state index contributed by atoms with van der Waals surface area (Å²) in [5, 5.41) is 10.6. The van der Waals surface area contributed by atoms with E-state index in [2.05, 4.69) is 15.7 Å². The molecular formula is C16H20N4O. The number of benzene rings is 1. The lowest BCUT2D eigenvalue weighted by molar-refractivity contribution is -0.126. The van der Waals surface area contributed by atoms with E-state index in [1.165, 1.54) is 0 Å². The fraction of sp³-hybridized carbons (Fsp3) is 0.375. The van der Waals surface area contributed by atoms with Crippen molar-refractivity contribution in [1.29, 1.82) is 0 Å². The highest BCUT2D eigenvalue weighted by atomic mass is 16.2. The average molecular weight is 284 g/mol. The van der Waals surface area contributed by atoms with Crippen LogP contribution >= 0.6 is 0 Å². The number of hydrogen-bond acceptors (Lipinski definition) is 3. The molecule has 1 amide bonds. The lowest BCUT2D eigenvalue weighted by atomic mass is 9.99. The van der Waals surface area contributed by atoms with Gasteiger partial charge in [0.05, 0.1) is 17.4 Å². The van der Waals surface area contributed by atoms with Gasteiger partial charge < -0.3 is 10.6 Å². The molecule has 1 unspecified atom stereocenters. The van der Waals surface area contributed by atoms with Gasteiger partial charge in [-0.05, 0) is 38.4 Å². The molecule has 0 radical (unpaired) electrons. The Kier molecular flexibility index (Phi) is 3.75. The maximum absolute atomic E-state index is 12.2. The van der Waals surface area contributed by atoms with Crippen molar-refractivity contribution >= 4 is 5.91 Å². The topological polar surface area (TPSA) is 59.0 Å². The molecule has 2 N–H and O–H groups in total. The number of carbonyl (C=O) groups is 1. The van der Waals surface area contributed by atoms with E-state index in [1.807, 2.05) is 48.1 Å². The second-order valence-corrected chi connectivity index (χ2v) is 5.67. The quantitative estimate of drug-likeness (QED) is 0.897. The normalized spacial score (nSPS) is 21.4. The van der Waals surface area contributed by atoms with E-state index in [-0.39, 0.29) is 5.91 Å². The van der Waals surface area contributed by atoms with Gasteiger partial charge in [0.25, 0.3) is 0 Å². The van der Waals surface area contributed by atoms with Crippen molar-refractivity contribution in [2.24, 2.45) is 0 Å². The Bertz CT molecular complexity index is 614. The second-order valence-electron chi connectivity index (χ2n) is 5.67.